The fourth-order valence-electron chi connectivity index (χ4n) is 2.32. The molecule has 0 unspecified atom stereocenters. The molecule has 1 heterocycles. The van der Waals surface area contributed by atoms with E-state index in [2.05, 4.69) is 5.43 Å². The molecule has 0 bridgehead atoms. The molecular weight excluding hydrogens is 252 g/mol. The Morgan fingerprint density at radius 2 is 1.90 bits per heavy atom. The van der Waals surface area contributed by atoms with Crippen LogP contribution in [0.5, 0.6) is 0 Å². The molecular formula is C16H14N2O2. The normalized spacial score (nSPS) is 10.7. The zero-order valence-corrected chi connectivity index (χ0v) is 10.8. The highest BCUT2D eigenvalue weighted by Crippen LogP contribution is 2.32. The summed E-state index contributed by atoms with van der Waals surface area (Å²) in [5, 5.41) is 0.999. The molecule has 0 aliphatic rings. The van der Waals surface area contributed by atoms with E-state index >= 15 is 0 Å². The van der Waals surface area contributed by atoms with Crippen LogP contribution in [-0.2, 0) is 11.2 Å². The number of nitrogens with one attached hydrogen (secondary N) is 1. The van der Waals surface area contributed by atoms with Crippen molar-refractivity contribution in [3.63, 3.8) is 0 Å². The van der Waals surface area contributed by atoms with E-state index in [1.165, 1.54) is 0 Å². The molecule has 4 nitrogen and oxygen atoms in total. The van der Waals surface area contributed by atoms with Crippen LogP contribution in [0, 0.1) is 0 Å². The molecule has 1 amide bonds. The third-order valence-corrected chi connectivity index (χ3v) is 3.28. The number of carbonyl (C=O) groups is 1. The van der Waals surface area contributed by atoms with E-state index in [1.54, 1.807) is 6.26 Å². The van der Waals surface area contributed by atoms with Crippen molar-refractivity contribution in [3.05, 3.63) is 60.4 Å². The van der Waals surface area contributed by atoms with E-state index in [0.29, 0.717) is 0 Å². The summed E-state index contributed by atoms with van der Waals surface area (Å²) < 4.78 is 5.66. The SMILES string of the molecule is NNC(=O)Cc1cccc2c(-c3ccccc3)coc12. The van der Waals surface area contributed by atoms with Gasteiger partial charge in [-0.3, -0.25) is 10.2 Å². The van der Waals surface area contributed by atoms with Gasteiger partial charge in [-0.15, -0.1) is 0 Å². The number of hydrazine groups is 1. The predicted octanol–water partition coefficient (Wildman–Crippen LogP) is 2.63. The van der Waals surface area contributed by atoms with Gasteiger partial charge in [0.1, 0.15) is 5.58 Å². The number of hydrogen-bond acceptors (Lipinski definition) is 3. The second-order valence-corrected chi connectivity index (χ2v) is 4.55. The largest absolute Gasteiger partial charge is 0.463 e. The monoisotopic (exact) mass is 266 g/mol. The van der Waals surface area contributed by atoms with Gasteiger partial charge in [-0.05, 0) is 5.56 Å². The summed E-state index contributed by atoms with van der Waals surface area (Å²) in [4.78, 5) is 11.4. The number of para-hydroxylation sites is 1. The van der Waals surface area contributed by atoms with Gasteiger partial charge in [-0.1, -0.05) is 48.5 Å². The minimum atomic E-state index is -0.241. The summed E-state index contributed by atoms with van der Waals surface area (Å²) in [7, 11) is 0. The van der Waals surface area contributed by atoms with E-state index in [9.17, 15) is 4.79 Å². The summed E-state index contributed by atoms with van der Waals surface area (Å²) in [5.41, 5.74) is 5.81. The van der Waals surface area contributed by atoms with Gasteiger partial charge in [0.2, 0.25) is 5.91 Å². The number of furan rings is 1. The number of rotatable bonds is 3. The highest BCUT2D eigenvalue weighted by atomic mass is 16.3. The highest BCUT2D eigenvalue weighted by molar-refractivity contribution is 5.96. The lowest BCUT2D eigenvalue weighted by Crippen LogP contribution is -2.31. The maximum atomic E-state index is 11.4. The topological polar surface area (TPSA) is 68.3 Å². The van der Waals surface area contributed by atoms with Crippen molar-refractivity contribution in [2.45, 2.75) is 6.42 Å². The molecule has 1 aromatic heterocycles. The second-order valence-electron chi connectivity index (χ2n) is 4.55. The van der Waals surface area contributed by atoms with Crippen LogP contribution in [0.1, 0.15) is 5.56 Å². The molecule has 100 valence electrons. The predicted molar refractivity (Wildman–Crippen MR) is 77.7 cm³/mol. The number of benzene rings is 2. The van der Waals surface area contributed by atoms with Crippen molar-refractivity contribution in [3.8, 4) is 11.1 Å². The Balaban J connectivity index is 2.10. The van der Waals surface area contributed by atoms with Crippen LogP contribution < -0.4 is 11.3 Å². The van der Waals surface area contributed by atoms with Crippen LogP contribution in [0.4, 0.5) is 0 Å². The third-order valence-electron chi connectivity index (χ3n) is 3.28. The average molecular weight is 266 g/mol. The fraction of sp³-hybridized carbons (Fsp3) is 0.0625. The molecule has 3 rings (SSSR count). The van der Waals surface area contributed by atoms with Gasteiger partial charge >= 0.3 is 0 Å². The molecule has 4 heteroatoms. The van der Waals surface area contributed by atoms with Crippen LogP contribution in [-0.4, -0.2) is 5.91 Å². The van der Waals surface area contributed by atoms with Gasteiger partial charge in [0.05, 0.1) is 12.7 Å². The standard InChI is InChI=1S/C16H14N2O2/c17-18-15(19)9-12-7-4-8-13-14(10-20-16(12)13)11-5-2-1-3-6-11/h1-8,10H,9,17H2,(H,18,19). The van der Waals surface area contributed by atoms with Crippen molar-refractivity contribution in [2.75, 3.05) is 0 Å². The Kier molecular flexibility index (Phi) is 3.23. The van der Waals surface area contributed by atoms with Gasteiger partial charge in [0.25, 0.3) is 0 Å². The zero-order chi connectivity index (χ0) is 13.9. The zero-order valence-electron chi connectivity index (χ0n) is 10.8. The molecule has 0 aliphatic heterocycles. The lowest BCUT2D eigenvalue weighted by molar-refractivity contribution is -0.120. The lowest BCUT2D eigenvalue weighted by Gasteiger charge is -2.02. The van der Waals surface area contributed by atoms with Crippen LogP contribution in [0.3, 0.4) is 0 Å². The molecule has 0 spiro atoms. The lowest BCUT2D eigenvalue weighted by atomic mass is 10.0. The van der Waals surface area contributed by atoms with Crippen molar-refractivity contribution < 1.29 is 9.21 Å². The van der Waals surface area contributed by atoms with Crippen LogP contribution in [0.2, 0.25) is 0 Å². The first kappa shape index (κ1) is 12.4. The molecule has 20 heavy (non-hydrogen) atoms. The van der Waals surface area contributed by atoms with E-state index in [4.69, 9.17) is 10.3 Å². The molecule has 0 saturated heterocycles. The van der Waals surface area contributed by atoms with E-state index < -0.39 is 0 Å². The van der Waals surface area contributed by atoms with Crippen molar-refractivity contribution in [1.82, 2.24) is 5.43 Å². The van der Waals surface area contributed by atoms with Crippen molar-refractivity contribution in [2.24, 2.45) is 5.84 Å². The van der Waals surface area contributed by atoms with Crippen LogP contribution >= 0.6 is 0 Å². The number of amides is 1. The number of hydrogen-bond donors (Lipinski definition) is 2. The minimum Gasteiger partial charge on any atom is -0.463 e. The van der Waals surface area contributed by atoms with E-state index in [1.807, 2.05) is 48.5 Å². The molecule has 0 saturated carbocycles. The van der Waals surface area contributed by atoms with Crippen LogP contribution in [0.25, 0.3) is 22.1 Å². The fourth-order valence-corrected chi connectivity index (χ4v) is 2.32. The molecule has 3 N–H and O–H groups in total. The first-order valence-electron chi connectivity index (χ1n) is 6.33. The molecule has 0 aliphatic carbocycles. The average Bonchev–Trinajstić information content (AvgIpc) is 2.93. The molecule has 0 atom stereocenters. The van der Waals surface area contributed by atoms with Gasteiger partial charge in [-0.25, -0.2) is 5.84 Å². The van der Waals surface area contributed by atoms with Crippen LogP contribution in [0.15, 0.2) is 59.2 Å². The Bertz CT molecular complexity index is 748. The first-order valence-corrected chi connectivity index (χ1v) is 6.33. The second kappa shape index (κ2) is 5.19. The summed E-state index contributed by atoms with van der Waals surface area (Å²) >= 11 is 0. The number of nitrogens with two attached hydrogens (primary N) is 1. The third kappa shape index (κ3) is 2.17. The molecule has 0 radical (unpaired) electrons. The smallest absolute Gasteiger partial charge is 0.238 e. The summed E-state index contributed by atoms with van der Waals surface area (Å²) in [6.45, 7) is 0. The van der Waals surface area contributed by atoms with Gasteiger partial charge in [-0.2, -0.15) is 0 Å². The summed E-state index contributed by atoms with van der Waals surface area (Å²) in [6.07, 6.45) is 1.93. The Morgan fingerprint density at radius 1 is 1.10 bits per heavy atom. The minimum absolute atomic E-state index is 0.204. The Labute approximate surface area is 116 Å². The summed E-state index contributed by atoms with van der Waals surface area (Å²) in [5.74, 6) is 4.89. The van der Waals surface area contributed by atoms with E-state index in [0.717, 1.165) is 27.7 Å². The maximum Gasteiger partial charge on any atom is 0.238 e. The molecule has 2 aromatic carbocycles. The van der Waals surface area contributed by atoms with E-state index in [-0.39, 0.29) is 12.3 Å². The first-order chi connectivity index (χ1) is 9.79. The molecule has 0 fully saturated rings. The van der Waals surface area contributed by atoms with Gasteiger partial charge in [0.15, 0.2) is 0 Å². The van der Waals surface area contributed by atoms with Crippen molar-refractivity contribution >= 4 is 16.9 Å². The van der Waals surface area contributed by atoms with Gasteiger partial charge in [0, 0.05) is 16.5 Å². The summed E-state index contributed by atoms with van der Waals surface area (Å²) in [6, 6.07) is 15.8. The Hall–Kier alpha value is -2.59. The number of carbonyl (C=O) groups excluding carboxylic acids is 1. The molecule has 3 aromatic rings. The highest BCUT2D eigenvalue weighted by Gasteiger charge is 2.12. The quantitative estimate of drug-likeness (QED) is 0.435. The maximum absolute atomic E-state index is 11.4. The Morgan fingerprint density at radius 3 is 2.65 bits per heavy atom. The van der Waals surface area contributed by atoms with Crippen molar-refractivity contribution in [1.29, 1.82) is 0 Å². The number of fused-ring (bicyclic) bond motifs is 1. The van der Waals surface area contributed by atoms with Gasteiger partial charge < -0.3 is 4.42 Å².